The van der Waals surface area contributed by atoms with Crippen LogP contribution in [0.15, 0.2) is 12.7 Å². The molecular formula is C9H15ClN2O3. The van der Waals surface area contributed by atoms with Gasteiger partial charge in [0.1, 0.15) is 0 Å². The Bertz CT molecular complexity index is 233. The number of halogens is 1. The van der Waals surface area contributed by atoms with Crippen molar-refractivity contribution in [1.29, 1.82) is 0 Å². The molecule has 0 aliphatic carbocycles. The molecule has 0 bridgehead atoms. The van der Waals surface area contributed by atoms with Gasteiger partial charge in [0.05, 0.1) is 6.61 Å². The number of rotatable bonds is 6. The molecule has 0 heterocycles. The molecule has 0 atom stereocenters. The molecule has 0 radical (unpaired) electrons. The van der Waals surface area contributed by atoms with Crippen LogP contribution >= 0.6 is 11.6 Å². The molecular weight excluding hydrogens is 220 g/mol. The first-order valence-electron chi connectivity index (χ1n) is 4.52. The summed E-state index contributed by atoms with van der Waals surface area (Å²) in [6, 6.07) is -0.543. The number of aliphatic hydroxyl groups excluding tert-OH is 1. The third kappa shape index (κ3) is 6.09. The number of nitrogens with zero attached hydrogens (tertiary/aromatic N) is 1. The average Bonchev–Trinajstić information content (AvgIpc) is 2.17. The fourth-order valence-electron chi connectivity index (χ4n) is 0.899. The van der Waals surface area contributed by atoms with Crippen molar-refractivity contribution in [3.05, 3.63) is 12.7 Å². The smallest absolute Gasteiger partial charge is 0.324 e. The lowest BCUT2D eigenvalue weighted by Gasteiger charge is -2.19. The fraction of sp³-hybridized carbons (Fsp3) is 0.556. The normalized spacial score (nSPS) is 9.47. The molecule has 0 rings (SSSR count). The number of amides is 3. The molecule has 0 saturated carbocycles. The van der Waals surface area contributed by atoms with E-state index in [1.54, 1.807) is 0 Å². The largest absolute Gasteiger partial charge is 0.395 e. The number of carbonyl (C=O) groups excluding carboxylic acids is 2. The Balaban J connectivity index is 4.11. The van der Waals surface area contributed by atoms with Crippen molar-refractivity contribution in [2.45, 2.75) is 6.42 Å². The maximum atomic E-state index is 11.4. The number of alkyl halides is 1. The molecule has 0 unspecified atom stereocenters. The first-order valence-corrected chi connectivity index (χ1v) is 5.05. The molecule has 6 heteroatoms. The van der Waals surface area contributed by atoms with Crippen molar-refractivity contribution >= 4 is 23.5 Å². The van der Waals surface area contributed by atoms with Gasteiger partial charge in [-0.05, 0) is 0 Å². The topological polar surface area (TPSA) is 69.6 Å². The van der Waals surface area contributed by atoms with Crippen LogP contribution in [0.2, 0.25) is 0 Å². The molecule has 0 aromatic rings. The first kappa shape index (κ1) is 13.9. The summed E-state index contributed by atoms with van der Waals surface area (Å²) >= 11 is 5.34. The number of carbonyl (C=O) groups is 2. The molecule has 0 spiro atoms. The lowest BCUT2D eigenvalue weighted by molar-refractivity contribution is -0.119. The Hall–Kier alpha value is -1.07. The van der Waals surface area contributed by atoms with E-state index in [0.29, 0.717) is 0 Å². The third-order valence-corrected chi connectivity index (χ3v) is 1.76. The molecule has 86 valence electrons. The Labute approximate surface area is 93.7 Å². The van der Waals surface area contributed by atoms with E-state index in [-0.39, 0.29) is 32.0 Å². The molecule has 3 amide bonds. The van der Waals surface area contributed by atoms with Gasteiger partial charge in [-0.2, -0.15) is 0 Å². The minimum Gasteiger partial charge on any atom is -0.395 e. The van der Waals surface area contributed by atoms with Gasteiger partial charge in [0, 0.05) is 25.4 Å². The second kappa shape index (κ2) is 8.26. The van der Waals surface area contributed by atoms with Crippen LogP contribution in [0.4, 0.5) is 4.79 Å². The molecule has 15 heavy (non-hydrogen) atoms. The van der Waals surface area contributed by atoms with E-state index in [1.807, 2.05) is 0 Å². The minimum absolute atomic E-state index is 0.0916. The highest BCUT2D eigenvalue weighted by molar-refractivity contribution is 6.19. The summed E-state index contributed by atoms with van der Waals surface area (Å²) in [6.07, 6.45) is 1.61. The summed E-state index contributed by atoms with van der Waals surface area (Å²) in [7, 11) is 0. The van der Waals surface area contributed by atoms with Gasteiger partial charge in [-0.15, -0.1) is 18.2 Å². The van der Waals surface area contributed by atoms with E-state index in [9.17, 15) is 9.59 Å². The Morgan fingerprint density at radius 2 is 2.20 bits per heavy atom. The number of hydrogen-bond acceptors (Lipinski definition) is 3. The van der Waals surface area contributed by atoms with Gasteiger partial charge < -0.3 is 10.0 Å². The number of urea groups is 1. The lowest BCUT2D eigenvalue weighted by atomic mass is 10.4. The Kier molecular flexibility index (Phi) is 7.67. The van der Waals surface area contributed by atoms with Crippen molar-refractivity contribution in [3.63, 3.8) is 0 Å². The van der Waals surface area contributed by atoms with Crippen molar-refractivity contribution in [3.8, 4) is 0 Å². The summed E-state index contributed by atoms with van der Waals surface area (Å²) in [5.74, 6) is -0.261. The zero-order valence-electron chi connectivity index (χ0n) is 8.41. The van der Waals surface area contributed by atoms with Gasteiger partial charge in [0.25, 0.3) is 0 Å². The van der Waals surface area contributed by atoms with Crippen molar-refractivity contribution in [1.82, 2.24) is 10.2 Å². The van der Waals surface area contributed by atoms with E-state index in [1.165, 1.54) is 11.0 Å². The Morgan fingerprint density at radius 3 is 2.67 bits per heavy atom. The molecule has 2 N–H and O–H groups in total. The highest BCUT2D eigenvalue weighted by Gasteiger charge is 2.13. The van der Waals surface area contributed by atoms with Crippen LogP contribution in [0.25, 0.3) is 0 Å². The summed E-state index contributed by atoms with van der Waals surface area (Å²) < 4.78 is 0. The number of aliphatic hydroxyl groups is 1. The van der Waals surface area contributed by atoms with Crippen LogP contribution < -0.4 is 5.32 Å². The van der Waals surface area contributed by atoms with Crippen LogP contribution in [0.3, 0.4) is 0 Å². The van der Waals surface area contributed by atoms with E-state index in [4.69, 9.17) is 16.7 Å². The molecule has 0 aliphatic rings. The average molecular weight is 235 g/mol. The second-order valence-electron chi connectivity index (χ2n) is 2.75. The van der Waals surface area contributed by atoms with Gasteiger partial charge in [0.2, 0.25) is 5.91 Å². The maximum Gasteiger partial charge on any atom is 0.324 e. The first-order chi connectivity index (χ1) is 7.15. The number of imide groups is 1. The van der Waals surface area contributed by atoms with Gasteiger partial charge in [-0.25, -0.2) is 4.79 Å². The van der Waals surface area contributed by atoms with E-state index in [2.05, 4.69) is 11.9 Å². The van der Waals surface area contributed by atoms with Crippen LogP contribution in [-0.4, -0.2) is 47.5 Å². The maximum absolute atomic E-state index is 11.4. The summed E-state index contributed by atoms with van der Waals surface area (Å²) in [4.78, 5) is 23.7. The highest BCUT2D eigenvalue weighted by atomic mass is 35.5. The summed E-state index contributed by atoms with van der Waals surface area (Å²) in [5, 5.41) is 10.8. The standard InChI is InChI=1S/C9H15ClN2O3/c1-2-5-12(6-7-13)9(15)11-8(14)3-4-10/h2,13H,1,3-7H2,(H,11,14,15). The predicted octanol–water partition coefficient (Wildman–Crippen LogP) is 0.332. The van der Waals surface area contributed by atoms with Crippen molar-refractivity contribution < 1.29 is 14.7 Å². The summed E-state index contributed by atoms with van der Waals surface area (Å²) in [6.45, 7) is 3.75. The minimum atomic E-state index is -0.543. The third-order valence-electron chi connectivity index (χ3n) is 1.57. The van der Waals surface area contributed by atoms with Crippen LogP contribution in [-0.2, 0) is 4.79 Å². The van der Waals surface area contributed by atoms with Gasteiger partial charge in [-0.3, -0.25) is 10.1 Å². The lowest BCUT2D eigenvalue weighted by Crippen LogP contribution is -2.44. The molecule has 5 nitrogen and oxygen atoms in total. The fourth-order valence-corrected chi connectivity index (χ4v) is 1.07. The number of hydrogen-bond donors (Lipinski definition) is 2. The molecule has 0 aromatic heterocycles. The van der Waals surface area contributed by atoms with Crippen molar-refractivity contribution in [2.24, 2.45) is 0 Å². The monoisotopic (exact) mass is 234 g/mol. The molecule has 0 fully saturated rings. The van der Waals surface area contributed by atoms with Gasteiger partial charge in [0.15, 0.2) is 0 Å². The zero-order chi connectivity index (χ0) is 11.7. The molecule has 0 aliphatic heterocycles. The predicted molar refractivity (Wildman–Crippen MR) is 57.7 cm³/mol. The van der Waals surface area contributed by atoms with Crippen LogP contribution in [0.1, 0.15) is 6.42 Å². The van der Waals surface area contributed by atoms with E-state index in [0.717, 1.165) is 0 Å². The second-order valence-corrected chi connectivity index (χ2v) is 3.13. The quantitative estimate of drug-likeness (QED) is 0.514. The summed E-state index contributed by atoms with van der Waals surface area (Å²) in [5.41, 5.74) is 0. The van der Waals surface area contributed by atoms with Crippen LogP contribution in [0.5, 0.6) is 0 Å². The molecule has 0 aromatic carbocycles. The van der Waals surface area contributed by atoms with Gasteiger partial charge >= 0.3 is 6.03 Å². The van der Waals surface area contributed by atoms with E-state index < -0.39 is 11.9 Å². The number of nitrogens with one attached hydrogen (secondary N) is 1. The van der Waals surface area contributed by atoms with Crippen LogP contribution in [0, 0.1) is 0 Å². The Morgan fingerprint density at radius 1 is 1.53 bits per heavy atom. The van der Waals surface area contributed by atoms with Crippen molar-refractivity contribution in [2.75, 3.05) is 25.6 Å². The van der Waals surface area contributed by atoms with Gasteiger partial charge in [-0.1, -0.05) is 6.08 Å². The van der Waals surface area contributed by atoms with E-state index >= 15 is 0 Å². The highest BCUT2D eigenvalue weighted by Crippen LogP contribution is 1.91. The zero-order valence-corrected chi connectivity index (χ0v) is 9.16. The molecule has 0 saturated heterocycles. The SMILES string of the molecule is C=CCN(CCO)C(=O)NC(=O)CCCl.